The number of rotatable bonds is 4. The third-order valence-corrected chi connectivity index (χ3v) is 3.62. The van der Waals surface area contributed by atoms with E-state index in [1.165, 1.54) is 0 Å². The maximum Gasteiger partial charge on any atom is 0.167 e. The molecule has 0 aliphatic carbocycles. The Morgan fingerprint density at radius 3 is 2.30 bits per heavy atom. The number of nitriles is 1. The molecule has 3 heteroatoms. The van der Waals surface area contributed by atoms with Gasteiger partial charge < -0.3 is 0 Å². The molecule has 0 aliphatic heterocycles. The van der Waals surface area contributed by atoms with Crippen LogP contribution in [0.15, 0.2) is 72.9 Å². The minimum Gasteiger partial charge on any atom is -0.294 e. The molecule has 1 heterocycles. The lowest BCUT2D eigenvalue weighted by Gasteiger charge is -2.04. The number of aromatic nitrogens is 1. The summed E-state index contributed by atoms with van der Waals surface area (Å²) in [6.07, 6.45) is 2.08. The molecule has 0 radical (unpaired) electrons. The summed E-state index contributed by atoms with van der Waals surface area (Å²) in [5.41, 5.74) is 4.05. The van der Waals surface area contributed by atoms with Crippen molar-refractivity contribution in [3.8, 4) is 17.3 Å². The summed E-state index contributed by atoms with van der Waals surface area (Å²) in [7, 11) is 0. The topological polar surface area (TPSA) is 53.8 Å². The minimum absolute atomic E-state index is 0.0577. The van der Waals surface area contributed by atoms with E-state index in [9.17, 15) is 4.79 Å². The van der Waals surface area contributed by atoms with E-state index in [1.54, 1.807) is 18.3 Å². The van der Waals surface area contributed by atoms with E-state index in [1.807, 2.05) is 54.6 Å². The predicted molar refractivity (Wildman–Crippen MR) is 88.9 cm³/mol. The average molecular weight is 298 g/mol. The molecule has 2 aromatic carbocycles. The lowest BCUT2D eigenvalue weighted by atomic mass is 10.0. The molecule has 0 spiro atoms. The van der Waals surface area contributed by atoms with Gasteiger partial charge in [-0.3, -0.25) is 9.78 Å². The van der Waals surface area contributed by atoms with E-state index in [4.69, 9.17) is 5.26 Å². The second-order valence-electron chi connectivity index (χ2n) is 5.20. The van der Waals surface area contributed by atoms with Crippen LogP contribution in [0.25, 0.3) is 11.3 Å². The molecule has 0 aliphatic rings. The van der Waals surface area contributed by atoms with Crippen LogP contribution in [-0.2, 0) is 6.42 Å². The Labute approximate surface area is 134 Å². The summed E-state index contributed by atoms with van der Waals surface area (Å²) in [6, 6.07) is 22.4. The van der Waals surface area contributed by atoms with E-state index >= 15 is 0 Å². The summed E-state index contributed by atoms with van der Waals surface area (Å²) in [5, 5.41) is 8.79. The van der Waals surface area contributed by atoms with Crippen molar-refractivity contribution >= 4 is 5.78 Å². The standard InChI is InChI=1S/C20H14N2O/c21-14-16-6-4-15(5-7-16)13-20(23)18-10-8-17(9-11-18)19-3-1-2-12-22-19/h1-12H,13H2. The molecule has 0 unspecified atom stereocenters. The average Bonchev–Trinajstić information content (AvgIpc) is 2.63. The number of benzene rings is 2. The molecule has 3 aromatic rings. The van der Waals surface area contributed by atoms with Gasteiger partial charge in [0.15, 0.2) is 5.78 Å². The number of carbonyl (C=O) groups excluding carboxylic acids is 1. The Morgan fingerprint density at radius 1 is 0.957 bits per heavy atom. The lowest BCUT2D eigenvalue weighted by Crippen LogP contribution is -2.03. The molecule has 0 bridgehead atoms. The Kier molecular flexibility index (Phi) is 4.26. The summed E-state index contributed by atoms with van der Waals surface area (Å²) in [6.45, 7) is 0. The summed E-state index contributed by atoms with van der Waals surface area (Å²) >= 11 is 0. The molecule has 0 saturated heterocycles. The summed E-state index contributed by atoms with van der Waals surface area (Å²) in [4.78, 5) is 16.6. The van der Waals surface area contributed by atoms with Gasteiger partial charge in [-0.1, -0.05) is 42.5 Å². The lowest BCUT2D eigenvalue weighted by molar-refractivity contribution is 0.0993. The van der Waals surface area contributed by atoms with Gasteiger partial charge in [-0.15, -0.1) is 0 Å². The molecule has 3 rings (SSSR count). The Bertz CT molecular complexity index is 845. The first kappa shape index (κ1) is 14.7. The minimum atomic E-state index is 0.0577. The number of hydrogen-bond donors (Lipinski definition) is 0. The predicted octanol–water partition coefficient (Wildman–Crippen LogP) is 4.05. The van der Waals surface area contributed by atoms with Gasteiger partial charge in [-0.2, -0.15) is 5.26 Å². The highest BCUT2D eigenvalue weighted by atomic mass is 16.1. The second-order valence-corrected chi connectivity index (χ2v) is 5.20. The van der Waals surface area contributed by atoms with Crippen molar-refractivity contribution in [2.24, 2.45) is 0 Å². The maximum atomic E-state index is 12.3. The van der Waals surface area contributed by atoms with Crippen molar-refractivity contribution in [1.82, 2.24) is 4.98 Å². The molecule has 0 N–H and O–H groups in total. The zero-order chi connectivity index (χ0) is 16.1. The number of ketones is 1. The van der Waals surface area contributed by atoms with Gasteiger partial charge in [0, 0.05) is 23.7 Å². The quantitative estimate of drug-likeness (QED) is 0.683. The molecule has 0 saturated carbocycles. The SMILES string of the molecule is N#Cc1ccc(CC(=O)c2ccc(-c3ccccn3)cc2)cc1. The van der Waals surface area contributed by atoms with Crippen molar-refractivity contribution in [2.45, 2.75) is 6.42 Å². The molecule has 110 valence electrons. The molecule has 0 atom stereocenters. The van der Waals surface area contributed by atoms with E-state index in [2.05, 4.69) is 11.1 Å². The van der Waals surface area contributed by atoms with Crippen molar-refractivity contribution in [3.63, 3.8) is 0 Å². The fourth-order valence-electron chi connectivity index (χ4n) is 2.34. The summed E-state index contributed by atoms with van der Waals surface area (Å²) in [5.74, 6) is 0.0577. The fraction of sp³-hybridized carbons (Fsp3) is 0.0500. The van der Waals surface area contributed by atoms with Crippen molar-refractivity contribution in [3.05, 3.63) is 89.6 Å². The molecule has 1 aromatic heterocycles. The highest BCUT2D eigenvalue weighted by Gasteiger charge is 2.08. The van der Waals surface area contributed by atoms with Crippen LogP contribution in [0.2, 0.25) is 0 Å². The Morgan fingerprint density at radius 2 is 1.70 bits per heavy atom. The fourth-order valence-corrected chi connectivity index (χ4v) is 2.34. The van der Waals surface area contributed by atoms with Crippen LogP contribution in [0.3, 0.4) is 0 Å². The molecule has 23 heavy (non-hydrogen) atoms. The first-order valence-corrected chi connectivity index (χ1v) is 7.30. The normalized spacial score (nSPS) is 10.0. The van der Waals surface area contributed by atoms with Crippen LogP contribution in [0, 0.1) is 11.3 Å². The van der Waals surface area contributed by atoms with Crippen molar-refractivity contribution in [1.29, 1.82) is 5.26 Å². The first-order chi connectivity index (χ1) is 11.3. The van der Waals surface area contributed by atoms with Crippen LogP contribution < -0.4 is 0 Å². The zero-order valence-electron chi connectivity index (χ0n) is 12.4. The van der Waals surface area contributed by atoms with Gasteiger partial charge >= 0.3 is 0 Å². The molecule has 0 fully saturated rings. The molecular weight excluding hydrogens is 284 g/mol. The molecule has 3 nitrogen and oxygen atoms in total. The second kappa shape index (κ2) is 6.67. The number of carbonyl (C=O) groups is 1. The largest absolute Gasteiger partial charge is 0.294 e. The number of hydrogen-bond acceptors (Lipinski definition) is 3. The highest BCUT2D eigenvalue weighted by molar-refractivity contribution is 5.97. The van der Waals surface area contributed by atoms with Crippen LogP contribution >= 0.6 is 0 Å². The van der Waals surface area contributed by atoms with Gasteiger partial charge in [-0.25, -0.2) is 0 Å². The molecule has 0 amide bonds. The molecular formula is C20H14N2O. The Balaban J connectivity index is 1.74. The van der Waals surface area contributed by atoms with Gasteiger partial charge in [0.2, 0.25) is 0 Å². The van der Waals surface area contributed by atoms with E-state index in [0.29, 0.717) is 17.5 Å². The zero-order valence-corrected chi connectivity index (χ0v) is 12.4. The van der Waals surface area contributed by atoms with Gasteiger partial charge in [0.1, 0.15) is 0 Å². The number of nitrogens with zero attached hydrogens (tertiary/aromatic N) is 2. The third-order valence-electron chi connectivity index (χ3n) is 3.62. The summed E-state index contributed by atoms with van der Waals surface area (Å²) < 4.78 is 0. The number of pyridine rings is 1. The van der Waals surface area contributed by atoms with E-state index < -0.39 is 0 Å². The van der Waals surface area contributed by atoms with Gasteiger partial charge in [0.25, 0.3) is 0 Å². The van der Waals surface area contributed by atoms with Gasteiger partial charge in [0.05, 0.1) is 17.3 Å². The highest BCUT2D eigenvalue weighted by Crippen LogP contribution is 2.18. The van der Waals surface area contributed by atoms with E-state index in [-0.39, 0.29) is 5.78 Å². The monoisotopic (exact) mass is 298 g/mol. The van der Waals surface area contributed by atoms with Crippen LogP contribution in [0.5, 0.6) is 0 Å². The number of Topliss-reactive ketones (excluding diaryl/α,β-unsaturated/α-hetero) is 1. The van der Waals surface area contributed by atoms with Crippen molar-refractivity contribution < 1.29 is 4.79 Å². The van der Waals surface area contributed by atoms with Crippen molar-refractivity contribution in [2.75, 3.05) is 0 Å². The maximum absolute atomic E-state index is 12.3. The van der Waals surface area contributed by atoms with Crippen LogP contribution in [0.4, 0.5) is 0 Å². The Hall–Kier alpha value is -3.25. The smallest absolute Gasteiger partial charge is 0.167 e. The van der Waals surface area contributed by atoms with Crippen LogP contribution in [0.1, 0.15) is 21.5 Å². The van der Waals surface area contributed by atoms with Gasteiger partial charge in [-0.05, 0) is 29.8 Å². The third kappa shape index (κ3) is 3.50. The van der Waals surface area contributed by atoms with Crippen LogP contribution in [-0.4, -0.2) is 10.8 Å². The van der Waals surface area contributed by atoms with E-state index in [0.717, 1.165) is 16.8 Å². The first-order valence-electron chi connectivity index (χ1n) is 7.30.